The van der Waals surface area contributed by atoms with Crippen LogP contribution in [0.1, 0.15) is 20.7 Å². The largest absolute Gasteiger partial charge is 0.507 e. The highest BCUT2D eigenvalue weighted by Crippen LogP contribution is 2.22. The summed E-state index contributed by atoms with van der Waals surface area (Å²) in [7, 11) is 0. The van der Waals surface area contributed by atoms with E-state index < -0.39 is 35.5 Å². The number of anilines is 2. The number of hydrogen-bond donors (Lipinski definition) is 8. The maximum absolute atomic E-state index is 11.7. The average molecular weight is 404 g/mol. The SMILES string of the molecule is O=C(NCNC(=O)Nc1ccc(C(=O)O)c(O)c1)Nc1ccc(C(=O)O)c(O)c1. The van der Waals surface area contributed by atoms with Gasteiger partial charge in [-0.25, -0.2) is 19.2 Å². The van der Waals surface area contributed by atoms with Gasteiger partial charge in [0.1, 0.15) is 22.6 Å². The molecule has 0 atom stereocenters. The van der Waals surface area contributed by atoms with Crippen molar-refractivity contribution in [2.24, 2.45) is 0 Å². The number of urea groups is 2. The molecule has 0 radical (unpaired) electrons. The molecule has 0 saturated heterocycles. The highest BCUT2D eigenvalue weighted by molar-refractivity contribution is 5.95. The molecule has 0 aliphatic rings. The molecule has 2 aromatic carbocycles. The van der Waals surface area contributed by atoms with Crippen LogP contribution in [0.15, 0.2) is 36.4 Å². The summed E-state index contributed by atoms with van der Waals surface area (Å²) in [5.41, 5.74) is -0.389. The fourth-order valence-corrected chi connectivity index (χ4v) is 2.14. The minimum absolute atomic E-state index is 0.128. The Morgan fingerprint density at radius 3 is 1.38 bits per heavy atom. The van der Waals surface area contributed by atoms with Gasteiger partial charge in [-0.15, -0.1) is 0 Å². The average Bonchev–Trinajstić information content (AvgIpc) is 2.61. The quantitative estimate of drug-likeness (QED) is 0.330. The maximum atomic E-state index is 11.7. The van der Waals surface area contributed by atoms with E-state index in [1.54, 1.807) is 0 Å². The van der Waals surface area contributed by atoms with E-state index >= 15 is 0 Å². The van der Waals surface area contributed by atoms with E-state index in [4.69, 9.17) is 10.2 Å². The Labute approximate surface area is 162 Å². The summed E-state index contributed by atoms with van der Waals surface area (Å²) in [5, 5.41) is 46.0. The Morgan fingerprint density at radius 1 is 0.690 bits per heavy atom. The summed E-state index contributed by atoms with van der Waals surface area (Å²) < 4.78 is 0. The molecule has 0 saturated carbocycles. The van der Waals surface area contributed by atoms with Gasteiger partial charge in [0, 0.05) is 23.5 Å². The zero-order valence-corrected chi connectivity index (χ0v) is 14.6. The van der Waals surface area contributed by atoms with Crippen molar-refractivity contribution < 1.29 is 39.6 Å². The van der Waals surface area contributed by atoms with Gasteiger partial charge < -0.3 is 41.7 Å². The third-order valence-corrected chi connectivity index (χ3v) is 3.47. The van der Waals surface area contributed by atoms with Crippen molar-refractivity contribution >= 4 is 35.4 Å². The normalized spacial score (nSPS) is 9.93. The number of amides is 4. The van der Waals surface area contributed by atoms with Crippen molar-refractivity contribution in [1.29, 1.82) is 0 Å². The van der Waals surface area contributed by atoms with E-state index in [2.05, 4.69) is 21.3 Å². The van der Waals surface area contributed by atoms with E-state index in [9.17, 15) is 29.4 Å². The third kappa shape index (κ3) is 5.75. The van der Waals surface area contributed by atoms with Gasteiger partial charge in [0.15, 0.2) is 0 Å². The van der Waals surface area contributed by atoms with Crippen molar-refractivity contribution in [1.82, 2.24) is 10.6 Å². The number of hydrogen-bond acceptors (Lipinski definition) is 6. The predicted octanol–water partition coefficient (Wildman–Crippen LogP) is 1.39. The topological polar surface area (TPSA) is 197 Å². The summed E-state index contributed by atoms with van der Waals surface area (Å²) >= 11 is 0. The predicted molar refractivity (Wildman–Crippen MR) is 99.3 cm³/mol. The van der Waals surface area contributed by atoms with Crippen molar-refractivity contribution in [3.63, 3.8) is 0 Å². The third-order valence-electron chi connectivity index (χ3n) is 3.47. The van der Waals surface area contributed by atoms with Gasteiger partial charge in [0.05, 0.1) is 6.67 Å². The second-order valence-corrected chi connectivity index (χ2v) is 5.51. The first-order chi connectivity index (χ1) is 13.7. The van der Waals surface area contributed by atoms with E-state index in [0.717, 1.165) is 24.3 Å². The number of carboxylic acid groups (broad SMARTS) is 2. The molecule has 0 spiro atoms. The molecule has 29 heavy (non-hydrogen) atoms. The zero-order chi connectivity index (χ0) is 21.6. The lowest BCUT2D eigenvalue weighted by atomic mass is 10.2. The summed E-state index contributed by atoms with van der Waals surface area (Å²) in [6.45, 7) is -0.296. The summed E-state index contributed by atoms with van der Waals surface area (Å²) in [6.07, 6.45) is 0. The van der Waals surface area contributed by atoms with Gasteiger partial charge in [0.2, 0.25) is 0 Å². The molecule has 152 valence electrons. The zero-order valence-electron chi connectivity index (χ0n) is 14.6. The molecule has 4 amide bonds. The number of phenols is 2. The first-order valence-corrected chi connectivity index (χ1v) is 7.89. The molecule has 0 aromatic heterocycles. The Morgan fingerprint density at radius 2 is 1.07 bits per heavy atom. The molecule has 2 rings (SSSR count). The van der Waals surface area contributed by atoms with Crippen LogP contribution in [0.25, 0.3) is 0 Å². The fraction of sp³-hybridized carbons (Fsp3) is 0.0588. The lowest BCUT2D eigenvalue weighted by Gasteiger charge is -2.11. The van der Waals surface area contributed by atoms with Crippen LogP contribution in [0.2, 0.25) is 0 Å². The number of aromatic carboxylic acids is 2. The van der Waals surface area contributed by atoms with Crippen LogP contribution in [-0.4, -0.2) is 51.1 Å². The summed E-state index contributed by atoms with van der Waals surface area (Å²) in [5.74, 6) is -3.69. The smallest absolute Gasteiger partial charge is 0.339 e. The number of rotatable bonds is 6. The van der Waals surface area contributed by atoms with Crippen LogP contribution in [0.4, 0.5) is 21.0 Å². The molecule has 0 bridgehead atoms. The molecule has 12 nitrogen and oxygen atoms in total. The van der Waals surface area contributed by atoms with Gasteiger partial charge in [-0.2, -0.15) is 0 Å². The Hall–Kier alpha value is -4.48. The van der Waals surface area contributed by atoms with Crippen LogP contribution >= 0.6 is 0 Å². The van der Waals surface area contributed by atoms with E-state index in [0.29, 0.717) is 0 Å². The molecule has 2 aromatic rings. The van der Waals surface area contributed by atoms with E-state index in [1.807, 2.05) is 0 Å². The number of carboxylic acids is 2. The van der Waals surface area contributed by atoms with Gasteiger partial charge in [0.25, 0.3) is 0 Å². The minimum Gasteiger partial charge on any atom is -0.507 e. The van der Waals surface area contributed by atoms with Crippen LogP contribution in [-0.2, 0) is 0 Å². The lowest BCUT2D eigenvalue weighted by molar-refractivity contribution is 0.0682. The van der Waals surface area contributed by atoms with Crippen molar-refractivity contribution in [3.8, 4) is 11.5 Å². The molecule has 0 heterocycles. The second-order valence-electron chi connectivity index (χ2n) is 5.51. The van der Waals surface area contributed by atoms with Crippen molar-refractivity contribution in [3.05, 3.63) is 47.5 Å². The molecular formula is C17H16N4O8. The van der Waals surface area contributed by atoms with Crippen molar-refractivity contribution in [2.75, 3.05) is 17.3 Å². The van der Waals surface area contributed by atoms with Crippen molar-refractivity contribution in [2.45, 2.75) is 0 Å². The number of carbonyl (C=O) groups excluding carboxylic acids is 2. The van der Waals surface area contributed by atoms with Gasteiger partial charge in [-0.05, 0) is 24.3 Å². The number of aromatic hydroxyl groups is 2. The van der Waals surface area contributed by atoms with Crippen LogP contribution in [0, 0.1) is 0 Å². The Bertz CT molecular complexity index is 898. The van der Waals surface area contributed by atoms with E-state index in [-0.39, 0.29) is 29.2 Å². The molecular weight excluding hydrogens is 388 g/mol. The maximum Gasteiger partial charge on any atom is 0.339 e. The van der Waals surface area contributed by atoms with Gasteiger partial charge in [-0.3, -0.25) is 0 Å². The molecule has 0 fully saturated rings. The molecule has 12 heteroatoms. The van der Waals surface area contributed by atoms with Crippen LogP contribution in [0.5, 0.6) is 11.5 Å². The second kappa shape index (κ2) is 8.94. The molecule has 0 aliphatic carbocycles. The molecule has 0 unspecified atom stereocenters. The molecule has 8 N–H and O–H groups in total. The Kier molecular flexibility index (Phi) is 6.42. The first-order valence-electron chi connectivity index (χ1n) is 7.89. The minimum atomic E-state index is -1.32. The number of benzene rings is 2. The fourth-order valence-electron chi connectivity index (χ4n) is 2.14. The first kappa shape index (κ1) is 20.8. The monoisotopic (exact) mass is 404 g/mol. The standard InChI is InChI=1S/C17H16N4O8/c22-12-5-8(1-3-10(12)14(24)25)20-16(28)18-7-19-17(29)21-9-2-4-11(15(26)27)13(23)6-9/h1-6,22-23H,7H2,(H,24,25)(H,26,27)(H2,18,20,28)(H2,19,21,29). The van der Waals surface area contributed by atoms with E-state index in [1.165, 1.54) is 12.1 Å². The van der Waals surface area contributed by atoms with Gasteiger partial charge >= 0.3 is 24.0 Å². The summed E-state index contributed by atoms with van der Waals surface area (Å²) in [4.78, 5) is 45.1. The highest BCUT2D eigenvalue weighted by Gasteiger charge is 2.12. The highest BCUT2D eigenvalue weighted by atomic mass is 16.4. The summed E-state index contributed by atoms with van der Waals surface area (Å²) in [6, 6.07) is 5.40. The molecule has 0 aliphatic heterocycles. The van der Waals surface area contributed by atoms with Crippen LogP contribution < -0.4 is 21.3 Å². The van der Waals surface area contributed by atoms with Gasteiger partial charge in [-0.1, -0.05) is 0 Å². The number of carbonyl (C=O) groups is 4. The Balaban J connectivity index is 1.80. The number of nitrogens with one attached hydrogen (secondary N) is 4. The van der Waals surface area contributed by atoms with Crippen LogP contribution in [0.3, 0.4) is 0 Å². The lowest BCUT2D eigenvalue weighted by Crippen LogP contribution is -2.41.